The van der Waals surface area contributed by atoms with Gasteiger partial charge < -0.3 is 26.2 Å². The molecule has 6 atom stereocenters. The fourth-order valence-electron chi connectivity index (χ4n) is 6.18. The fraction of sp³-hybridized carbons (Fsp3) is 0.367. The van der Waals surface area contributed by atoms with E-state index in [1.54, 1.807) is 48.5 Å². The number of hydrogen-bond acceptors (Lipinski definition) is 8. The Morgan fingerprint density at radius 1 is 1.19 bits per heavy atom. The highest BCUT2D eigenvalue weighted by Gasteiger charge is 2.60. The van der Waals surface area contributed by atoms with Crippen LogP contribution < -0.4 is 11.1 Å². The molecule has 2 aromatic rings. The van der Waals surface area contributed by atoms with Crippen molar-refractivity contribution in [2.45, 2.75) is 50.3 Å². The zero-order chi connectivity index (χ0) is 30.3. The predicted octanol–water partition coefficient (Wildman–Crippen LogP) is 2.07. The van der Waals surface area contributed by atoms with E-state index < -0.39 is 41.9 Å². The second-order valence-corrected chi connectivity index (χ2v) is 12.3. The number of primary amides is 1. The Hall–Kier alpha value is -4.00. The number of β-lactam (4-membered cyclic amide) rings is 1. The number of hydrogen-bond donors (Lipinski definition) is 4. The van der Waals surface area contributed by atoms with Gasteiger partial charge in [0, 0.05) is 46.0 Å². The van der Waals surface area contributed by atoms with Crippen LogP contribution in [0.3, 0.4) is 0 Å². The Labute approximate surface area is 246 Å². The number of fused-ring (bicyclic) bond motifs is 1. The number of anilines is 1. The van der Waals surface area contributed by atoms with Crippen molar-refractivity contribution in [1.29, 1.82) is 0 Å². The van der Waals surface area contributed by atoms with Crippen molar-refractivity contribution >= 4 is 47.4 Å². The Morgan fingerprint density at radius 2 is 1.90 bits per heavy atom. The fourth-order valence-corrected chi connectivity index (χ4v) is 7.73. The van der Waals surface area contributed by atoms with Crippen LogP contribution in [0.2, 0.25) is 0 Å². The van der Waals surface area contributed by atoms with Crippen LogP contribution >= 0.6 is 11.8 Å². The summed E-state index contributed by atoms with van der Waals surface area (Å²) in [5.41, 5.74) is 7.47. The van der Waals surface area contributed by atoms with Crippen LogP contribution in [-0.4, -0.2) is 80.0 Å². The molecule has 3 heterocycles. The number of carbonyl (C=O) groups is 5. The first-order chi connectivity index (χ1) is 20.0. The average Bonchev–Trinajstić information content (AvgIpc) is 3.45. The van der Waals surface area contributed by atoms with Crippen molar-refractivity contribution in [2.75, 3.05) is 11.9 Å². The first-order valence-electron chi connectivity index (χ1n) is 13.6. The minimum absolute atomic E-state index is 0.0495. The SMILES string of the molecule is C[C@@H](O)[C@H]1C(=O)N2C(C(=O)O)=C(S[C@H]3C[C@@H](C(=O)Nc4cccc(C=O)c4)N(Cc4ccc(C(N)=O)cc4)C3)[C@H](C)[C@H]12. The summed E-state index contributed by atoms with van der Waals surface area (Å²) < 4.78 is 0. The van der Waals surface area contributed by atoms with E-state index in [9.17, 15) is 34.2 Å². The molecule has 3 amide bonds. The number of thioether (sulfide) groups is 1. The maximum Gasteiger partial charge on any atom is 0.353 e. The molecule has 5 N–H and O–H groups in total. The maximum absolute atomic E-state index is 13.6. The number of rotatable bonds is 10. The largest absolute Gasteiger partial charge is 0.477 e. The summed E-state index contributed by atoms with van der Waals surface area (Å²) in [4.78, 5) is 65.2. The number of benzene rings is 2. The predicted molar refractivity (Wildman–Crippen MR) is 155 cm³/mol. The summed E-state index contributed by atoms with van der Waals surface area (Å²) in [6.07, 6.45) is 0.214. The van der Waals surface area contributed by atoms with Crippen molar-refractivity contribution in [1.82, 2.24) is 9.80 Å². The lowest BCUT2D eigenvalue weighted by molar-refractivity contribution is -0.163. The molecule has 2 saturated heterocycles. The van der Waals surface area contributed by atoms with Crippen molar-refractivity contribution in [3.8, 4) is 0 Å². The summed E-state index contributed by atoms with van der Waals surface area (Å²) in [7, 11) is 0. The topological polar surface area (TPSA) is 170 Å². The molecule has 2 aromatic carbocycles. The van der Waals surface area contributed by atoms with Gasteiger partial charge in [0.15, 0.2) is 0 Å². The third kappa shape index (κ3) is 5.44. The zero-order valence-corrected chi connectivity index (χ0v) is 23.9. The summed E-state index contributed by atoms with van der Waals surface area (Å²) >= 11 is 1.37. The van der Waals surface area contributed by atoms with Crippen molar-refractivity contribution in [3.63, 3.8) is 0 Å². The number of nitrogens with two attached hydrogens (primary N) is 1. The first-order valence-corrected chi connectivity index (χ1v) is 14.5. The van der Waals surface area contributed by atoms with Gasteiger partial charge in [0.05, 0.1) is 24.1 Å². The van der Waals surface area contributed by atoms with E-state index in [0.29, 0.717) is 47.5 Å². The van der Waals surface area contributed by atoms with Gasteiger partial charge in [0.25, 0.3) is 0 Å². The van der Waals surface area contributed by atoms with Crippen LogP contribution in [0.1, 0.15) is 46.5 Å². The number of nitrogens with zero attached hydrogens (tertiary/aromatic N) is 2. The highest BCUT2D eigenvalue weighted by molar-refractivity contribution is 8.03. The number of aliphatic carboxylic acids is 1. The van der Waals surface area contributed by atoms with Crippen molar-refractivity contribution < 1.29 is 34.2 Å². The number of nitrogens with one attached hydrogen (secondary N) is 1. The molecular formula is C30H32N4O7S. The molecule has 2 fully saturated rings. The molecule has 0 aliphatic carbocycles. The number of aliphatic hydroxyl groups is 1. The Bertz CT molecular complexity index is 1470. The molecule has 5 rings (SSSR count). The number of likely N-dealkylation sites (tertiary alicyclic amines) is 1. The molecular weight excluding hydrogens is 560 g/mol. The summed E-state index contributed by atoms with van der Waals surface area (Å²) in [5, 5.41) is 22.9. The Balaban J connectivity index is 1.39. The van der Waals surface area contributed by atoms with Crippen molar-refractivity contribution in [3.05, 3.63) is 75.8 Å². The Kier molecular flexibility index (Phi) is 8.22. The molecule has 3 aliphatic heterocycles. The van der Waals surface area contributed by atoms with Gasteiger partial charge in [-0.1, -0.05) is 31.2 Å². The number of amides is 3. The normalized spacial score (nSPS) is 26.0. The van der Waals surface area contributed by atoms with Gasteiger partial charge in [-0.05, 0) is 43.2 Å². The average molecular weight is 593 g/mol. The molecule has 0 spiro atoms. The van der Waals surface area contributed by atoms with Gasteiger partial charge >= 0.3 is 5.97 Å². The lowest BCUT2D eigenvalue weighted by Crippen LogP contribution is -2.63. The minimum atomic E-state index is -1.20. The highest BCUT2D eigenvalue weighted by atomic mass is 32.2. The smallest absolute Gasteiger partial charge is 0.353 e. The van der Waals surface area contributed by atoms with E-state index in [2.05, 4.69) is 5.32 Å². The summed E-state index contributed by atoms with van der Waals surface area (Å²) in [5.74, 6) is -3.34. The number of carboxylic acid groups (broad SMARTS) is 1. The van der Waals surface area contributed by atoms with E-state index in [1.165, 1.54) is 23.6 Å². The van der Waals surface area contributed by atoms with Crippen LogP contribution in [-0.2, 0) is 20.9 Å². The van der Waals surface area contributed by atoms with Crippen LogP contribution in [0.5, 0.6) is 0 Å². The standard InChI is InChI=1S/C30H32N4O7S/c1-15-24-23(16(2)36)29(39)34(24)25(30(40)41)26(15)42-21-11-22(28(38)32-20-5-3-4-18(10-20)14-35)33(13-21)12-17-6-8-19(9-7-17)27(31)37/h3-10,14-16,21-24,36H,11-13H2,1-2H3,(H2,31,37)(H,32,38)(H,40,41)/t15-,16-,21+,22+,23-,24-/m1/s1. The lowest BCUT2D eigenvalue weighted by atomic mass is 9.79. The second-order valence-electron chi connectivity index (χ2n) is 11.0. The molecule has 11 nitrogen and oxygen atoms in total. The molecule has 12 heteroatoms. The summed E-state index contributed by atoms with van der Waals surface area (Å²) in [6.45, 7) is 4.25. The second kappa shape index (κ2) is 11.7. The zero-order valence-electron chi connectivity index (χ0n) is 23.1. The van der Waals surface area contributed by atoms with Gasteiger partial charge in [0.1, 0.15) is 12.0 Å². The van der Waals surface area contributed by atoms with Gasteiger partial charge in [-0.15, -0.1) is 11.8 Å². The van der Waals surface area contributed by atoms with Gasteiger partial charge in [-0.2, -0.15) is 0 Å². The van der Waals surface area contributed by atoms with E-state index in [1.807, 2.05) is 11.8 Å². The molecule has 0 unspecified atom stereocenters. The van der Waals surface area contributed by atoms with E-state index in [-0.39, 0.29) is 22.8 Å². The number of aldehydes is 1. The highest BCUT2D eigenvalue weighted by Crippen LogP contribution is 2.52. The van der Waals surface area contributed by atoms with Gasteiger partial charge in [0.2, 0.25) is 17.7 Å². The minimum Gasteiger partial charge on any atom is -0.477 e. The van der Waals surface area contributed by atoms with E-state index >= 15 is 0 Å². The Morgan fingerprint density at radius 3 is 2.52 bits per heavy atom. The molecule has 42 heavy (non-hydrogen) atoms. The third-order valence-corrected chi connectivity index (χ3v) is 9.68. The van der Waals surface area contributed by atoms with E-state index in [4.69, 9.17) is 5.73 Å². The van der Waals surface area contributed by atoms with Crippen LogP contribution in [0.4, 0.5) is 5.69 Å². The van der Waals surface area contributed by atoms with Crippen LogP contribution in [0.15, 0.2) is 59.1 Å². The summed E-state index contributed by atoms with van der Waals surface area (Å²) in [6, 6.07) is 12.4. The lowest BCUT2D eigenvalue weighted by Gasteiger charge is -2.46. The number of carbonyl (C=O) groups excluding carboxylic acids is 4. The molecule has 0 bridgehead atoms. The molecule has 0 radical (unpaired) electrons. The third-order valence-electron chi connectivity index (χ3n) is 8.19. The molecule has 3 aliphatic rings. The van der Waals surface area contributed by atoms with Crippen LogP contribution in [0.25, 0.3) is 0 Å². The first kappa shape index (κ1) is 29.5. The number of aliphatic hydroxyl groups excluding tert-OH is 1. The molecule has 0 aromatic heterocycles. The maximum atomic E-state index is 13.6. The monoisotopic (exact) mass is 592 g/mol. The molecule has 220 valence electrons. The van der Waals surface area contributed by atoms with E-state index in [0.717, 1.165) is 5.56 Å². The quantitative estimate of drug-likeness (QED) is 0.238. The van der Waals surface area contributed by atoms with Crippen LogP contribution in [0, 0.1) is 11.8 Å². The number of carboxylic acids is 1. The van der Waals surface area contributed by atoms with Gasteiger partial charge in [-0.25, -0.2) is 4.79 Å². The van der Waals surface area contributed by atoms with Gasteiger partial charge in [-0.3, -0.25) is 24.1 Å². The van der Waals surface area contributed by atoms with Crippen molar-refractivity contribution in [2.24, 2.45) is 17.6 Å². The molecule has 0 saturated carbocycles.